The molecule has 1 amide bonds. The number of ether oxygens (including phenoxy) is 4. The molecule has 0 unspecified atom stereocenters. The van der Waals surface area contributed by atoms with Crippen molar-refractivity contribution in [1.82, 2.24) is 10.2 Å². The number of methoxy groups -OCH3 is 1. The fourth-order valence-corrected chi connectivity index (χ4v) is 4.61. The lowest BCUT2D eigenvalue weighted by Crippen LogP contribution is -2.54. The van der Waals surface area contributed by atoms with E-state index < -0.39 is 95.7 Å². The van der Waals surface area contributed by atoms with Crippen molar-refractivity contribution in [2.75, 3.05) is 34.3 Å². The van der Waals surface area contributed by atoms with E-state index in [0.717, 1.165) is 19.2 Å². The van der Waals surface area contributed by atoms with Crippen LogP contribution in [0.4, 0.5) is 10.5 Å². The maximum atomic E-state index is 12.6. The first-order valence-electron chi connectivity index (χ1n) is 12.6. The first kappa shape index (κ1) is 33.7. The molecule has 2 rings (SSSR count). The van der Waals surface area contributed by atoms with E-state index in [4.69, 9.17) is 18.9 Å². The zero-order valence-electron chi connectivity index (χ0n) is 23.1. The van der Waals surface area contributed by atoms with Crippen LogP contribution in [0.15, 0.2) is 18.2 Å². The summed E-state index contributed by atoms with van der Waals surface area (Å²) in [6, 6.07) is 3.55. The highest BCUT2D eigenvalue weighted by Crippen LogP contribution is 2.43. The van der Waals surface area contributed by atoms with Crippen molar-refractivity contribution in [3.05, 3.63) is 33.9 Å². The number of amides is 1. The van der Waals surface area contributed by atoms with Gasteiger partial charge < -0.3 is 44.5 Å². The van der Waals surface area contributed by atoms with Crippen LogP contribution < -0.4 is 10.1 Å². The number of nitrogens with zero attached hydrogens (tertiary/aromatic N) is 2. The van der Waals surface area contributed by atoms with Crippen LogP contribution in [0.3, 0.4) is 0 Å². The molecule has 0 aromatic heterocycles. The molecule has 1 heterocycles. The number of nitro groups is 1. The van der Waals surface area contributed by atoms with Crippen LogP contribution in [0.1, 0.15) is 24.8 Å². The van der Waals surface area contributed by atoms with E-state index in [1.54, 1.807) is 7.05 Å². The van der Waals surface area contributed by atoms with Gasteiger partial charge in [0.1, 0.15) is 6.61 Å². The van der Waals surface area contributed by atoms with Crippen LogP contribution in [-0.2, 0) is 40.0 Å². The Bertz CT molecular complexity index is 1180. The predicted octanol–water partition coefficient (Wildman–Crippen LogP) is 0.932. The monoisotopic (exact) mass is 599 g/mol. The molecule has 0 radical (unpaired) electrons. The van der Waals surface area contributed by atoms with Crippen LogP contribution in [0, 0.1) is 27.9 Å². The molecular formula is C25H33N3O14. The highest BCUT2D eigenvalue weighted by molar-refractivity contribution is 5.77. The summed E-state index contributed by atoms with van der Waals surface area (Å²) in [5, 5.41) is 43.2. The van der Waals surface area contributed by atoms with Crippen molar-refractivity contribution in [2.45, 2.75) is 38.3 Å². The van der Waals surface area contributed by atoms with Crippen LogP contribution >= 0.6 is 0 Å². The number of hydrogen-bond acceptors (Lipinski definition) is 12. The summed E-state index contributed by atoms with van der Waals surface area (Å²) >= 11 is 0. The molecule has 0 bridgehead atoms. The minimum Gasteiger partial charge on any atom is -0.481 e. The Morgan fingerprint density at radius 1 is 1.02 bits per heavy atom. The zero-order valence-corrected chi connectivity index (χ0v) is 23.1. The number of carboxylic acids is 3. The van der Waals surface area contributed by atoms with Gasteiger partial charge >= 0.3 is 35.7 Å². The number of likely N-dealkylation sites (N-methyl/N-ethyl adjacent to an activating group) is 2. The fraction of sp³-hybridized carbons (Fsp3) is 0.560. The molecule has 0 aliphatic carbocycles. The second-order valence-electron chi connectivity index (χ2n) is 9.49. The summed E-state index contributed by atoms with van der Waals surface area (Å²) in [6.07, 6.45) is -6.34. The summed E-state index contributed by atoms with van der Waals surface area (Å²) in [7, 11) is 4.21. The third-order valence-corrected chi connectivity index (χ3v) is 6.62. The van der Waals surface area contributed by atoms with Gasteiger partial charge in [-0.25, -0.2) is 9.59 Å². The summed E-state index contributed by atoms with van der Waals surface area (Å²) in [5.74, 6) is -9.62. The Kier molecular flexibility index (Phi) is 12.4. The Labute approximate surface area is 239 Å². The molecule has 1 aliphatic rings. The van der Waals surface area contributed by atoms with E-state index >= 15 is 0 Å². The number of nitrogens with one attached hydrogen (secondary N) is 1. The number of benzene rings is 1. The number of carbonyl (C=O) groups is 5. The van der Waals surface area contributed by atoms with Gasteiger partial charge in [-0.15, -0.1) is 0 Å². The standard InChI is InChI=1S/C25H33N3O14/c1-26-6-7-27(2)25(36)40-12-13-4-5-18(17(8-13)28(37)38)41-24-16(11-21(33)34)14(9-19(29)30)15(10-20(31)32)22(42-24)23(35)39-3/h4-5,8,14-16,22,24,26H,6-7,9-12H2,1-3H3,(H,29,30)(H,31,32)(H,33,34)/t14-,15-,16+,22-,24+/m0/s1. The Morgan fingerprint density at radius 3 is 2.17 bits per heavy atom. The number of esters is 1. The summed E-state index contributed by atoms with van der Waals surface area (Å²) in [4.78, 5) is 72.1. The molecule has 1 saturated heterocycles. The average molecular weight is 600 g/mol. The molecule has 1 aromatic rings. The highest BCUT2D eigenvalue weighted by atomic mass is 16.7. The van der Waals surface area contributed by atoms with Crippen LogP contribution in [0.5, 0.6) is 5.75 Å². The molecule has 232 valence electrons. The van der Waals surface area contributed by atoms with Gasteiger partial charge in [-0.1, -0.05) is 6.07 Å². The number of carboxylic acid groups (broad SMARTS) is 3. The van der Waals surface area contributed by atoms with Gasteiger partial charge in [0, 0.05) is 44.5 Å². The van der Waals surface area contributed by atoms with Crippen molar-refractivity contribution in [2.24, 2.45) is 17.8 Å². The molecule has 1 fully saturated rings. The number of carbonyl (C=O) groups excluding carboxylic acids is 2. The smallest absolute Gasteiger partial charge is 0.409 e. The third-order valence-electron chi connectivity index (χ3n) is 6.62. The van der Waals surface area contributed by atoms with Gasteiger partial charge in [-0.3, -0.25) is 24.5 Å². The molecule has 17 heteroatoms. The SMILES string of the molecule is CNCCN(C)C(=O)OCc1ccc(O[C@@H]2O[C@H](C(=O)OC)[C@@H](CC(=O)O)[C@H](CC(=O)O)[C@H]2CC(=O)O)c([N+](=O)[O-])c1. The van der Waals surface area contributed by atoms with E-state index in [-0.39, 0.29) is 12.2 Å². The van der Waals surface area contributed by atoms with E-state index in [1.165, 1.54) is 18.0 Å². The minimum absolute atomic E-state index is 0.216. The molecule has 0 spiro atoms. The number of rotatable bonds is 15. The van der Waals surface area contributed by atoms with E-state index in [1.807, 2.05) is 0 Å². The molecule has 0 saturated carbocycles. The normalized spacial score (nSPS) is 21.5. The number of aliphatic carboxylic acids is 3. The maximum absolute atomic E-state index is 12.6. The largest absolute Gasteiger partial charge is 0.481 e. The first-order chi connectivity index (χ1) is 19.8. The number of hydrogen-bond donors (Lipinski definition) is 4. The van der Waals surface area contributed by atoms with Crippen LogP contribution in [-0.4, -0.2) is 102 Å². The Morgan fingerprint density at radius 2 is 1.62 bits per heavy atom. The fourth-order valence-electron chi connectivity index (χ4n) is 4.61. The van der Waals surface area contributed by atoms with Gasteiger partial charge in [0.05, 0.1) is 24.9 Å². The van der Waals surface area contributed by atoms with Crippen molar-refractivity contribution < 1.29 is 63.2 Å². The topological polar surface area (TPSA) is 241 Å². The van der Waals surface area contributed by atoms with Gasteiger partial charge in [0.15, 0.2) is 11.9 Å². The summed E-state index contributed by atoms with van der Waals surface area (Å²) in [5.41, 5.74) is -0.407. The highest BCUT2D eigenvalue weighted by Gasteiger charge is 2.52. The summed E-state index contributed by atoms with van der Waals surface area (Å²) in [6.45, 7) is 0.535. The van der Waals surface area contributed by atoms with Crippen LogP contribution in [0.25, 0.3) is 0 Å². The van der Waals surface area contributed by atoms with E-state index in [0.29, 0.717) is 13.1 Å². The van der Waals surface area contributed by atoms with Gasteiger partial charge in [-0.05, 0) is 24.6 Å². The molecule has 42 heavy (non-hydrogen) atoms. The lowest BCUT2D eigenvalue weighted by atomic mass is 9.71. The molecule has 1 aromatic carbocycles. The third kappa shape index (κ3) is 9.27. The first-order valence-corrected chi connectivity index (χ1v) is 12.6. The van der Waals surface area contributed by atoms with Crippen molar-refractivity contribution in [3.8, 4) is 5.75 Å². The van der Waals surface area contributed by atoms with Crippen molar-refractivity contribution in [3.63, 3.8) is 0 Å². The average Bonchev–Trinajstić information content (AvgIpc) is 2.92. The van der Waals surface area contributed by atoms with Crippen LogP contribution in [0.2, 0.25) is 0 Å². The quantitative estimate of drug-likeness (QED) is 0.124. The van der Waals surface area contributed by atoms with Gasteiger partial charge in [-0.2, -0.15) is 0 Å². The molecule has 4 N–H and O–H groups in total. The maximum Gasteiger partial charge on any atom is 0.409 e. The molecule has 17 nitrogen and oxygen atoms in total. The van der Waals surface area contributed by atoms with Gasteiger partial charge in [0.2, 0.25) is 6.29 Å². The molecular weight excluding hydrogens is 566 g/mol. The zero-order chi connectivity index (χ0) is 31.6. The van der Waals surface area contributed by atoms with E-state index in [9.17, 15) is 49.4 Å². The Balaban J connectivity index is 2.44. The lowest BCUT2D eigenvalue weighted by Gasteiger charge is -2.44. The second-order valence-corrected chi connectivity index (χ2v) is 9.49. The van der Waals surface area contributed by atoms with Gasteiger partial charge in [0.25, 0.3) is 0 Å². The van der Waals surface area contributed by atoms with Crippen molar-refractivity contribution in [1.29, 1.82) is 0 Å². The van der Waals surface area contributed by atoms with E-state index in [2.05, 4.69) is 5.32 Å². The minimum atomic E-state index is -1.72. The summed E-state index contributed by atoms with van der Waals surface area (Å²) < 4.78 is 21.3. The predicted molar refractivity (Wildman–Crippen MR) is 138 cm³/mol. The number of nitro benzene ring substituents is 1. The molecule has 1 aliphatic heterocycles. The molecule has 5 atom stereocenters. The second kappa shape index (κ2) is 15.5. The lowest BCUT2D eigenvalue weighted by molar-refractivity contribution is -0.386. The Hall–Kier alpha value is -4.51. The van der Waals surface area contributed by atoms with Crippen molar-refractivity contribution >= 4 is 35.7 Å².